The number of rotatable bonds is 6. The van der Waals surface area contributed by atoms with Crippen molar-refractivity contribution in [1.82, 2.24) is 10.6 Å². The highest BCUT2D eigenvalue weighted by Crippen LogP contribution is 2.23. The van der Waals surface area contributed by atoms with Crippen LogP contribution in [-0.4, -0.2) is 37.3 Å². The number of aliphatic hydroxyl groups is 1. The van der Waals surface area contributed by atoms with E-state index in [0.717, 1.165) is 45.2 Å². The van der Waals surface area contributed by atoms with Crippen LogP contribution in [0.15, 0.2) is 0 Å². The van der Waals surface area contributed by atoms with Gasteiger partial charge >= 0.3 is 0 Å². The van der Waals surface area contributed by atoms with Crippen LogP contribution in [0.5, 0.6) is 0 Å². The van der Waals surface area contributed by atoms with Crippen LogP contribution in [0, 0.1) is 5.92 Å². The summed E-state index contributed by atoms with van der Waals surface area (Å²) in [5, 5.41) is 15.4. The molecule has 0 aromatic rings. The zero-order chi connectivity index (χ0) is 11.8. The monoisotopic (exact) mass is 228 g/mol. The minimum atomic E-state index is -0.109. The molecular formula is C12H24N2O2. The van der Waals surface area contributed by atoms with E-state index >= 15 is 0 Å². The summed E-state index contributed by atoms with van der Waals surface area (Å²) >= 11 is 0. The van der Waals surface area contributed by atoms with Crippen LogP contribution < -0.4 is 10.6 Å². The van der Waals surface area contributed by atoms with E-state index in [-0.39, 0.29) is 12.0 Å². The van der Waals surface area contributed by atoms with Gasteiger partial charge in [0.2, 0.25) is 5.91 Å². The minimum Gasteiger partial charge on any atom is -0.393 e. The predicted molar refractivity (Wildman–Crippen MR) is 64.1 cm³/mol. The summed E-state index contributed by atoms with van der Waals surface area (Å²) < 4.78 is 0. The van der Waals surface area contributed by atoms with Gasteiger partial charge in [0.25, 0.3) is 0 Å². The van der Waals surface area contributed by atoms with Gasteiger partial charge in [0.05, 0.1) is 6.10 Å². The van der Waals surface area contributed by atoms with Crippen molar-refractivity contribution in [3.8, 4) is 0 Å². The first-order chi connectivity index (χ1) is 7.72. The SMILES string of the molecule is CNCCCC(=O)NCC1CCC(O)CC1. The van der Waals surface area contributed by atoms with E-state index in [9.17, 15) is 9.90 Å². The molecule has 0 aliphatic heterocycles. The fourth-order valence-electron chi connectivity index (χ4n) is 2.12. The largest absolute Gasteiger partial charge is 0.393 e. The summed E-state index contributed by atoms with van der Waals surface area (Å²) in [5.74, 6) is 0.720. The van der Waals surface area contributed by atoms with Crippen LogP contribution in [0.4, 0.5) is 0 Å². The molecule has 3 N–H and O–H groups in total. The van der Waals surface area contributed by atoms with E-state index in [1.165, 1.54) is 0 Å². The third kappa shape index (κ3) is 5.47. The van der Waals surface area contributed by atoms with E-state index in [1.807, 2.05) is 7.05 Å². The average molecular weight is 228 g/mol. The smallest absolute Gasteiger partial charge is 0.220 e. The maximum atomic E-state index is 11.4. The highest BCUT2D eigenvalue weighted by atomic mass is 16.3. The third-order valence-corrected chi connectivity index (χ3v) is 3.23. The lowest BCUT2D eigenvalue weighted by molar-refractivity contribution is -0.121. The molecule has 1 rings (SSSR count). The molecule has 0 atom stereocenters. The Bertz CT molecular complexity index is 201. The Morgan fingerprint density at radius 1 is 1.31 bits per heavy atom. The fourth-order valence-corrected chi connectivity index (χ4v) is 2.12. The summed E-state index contributed by atoms with van der Waals surface area (Å²) in [6.45, 7) is 1.67. The second kappa shape index (κ2) is 7.63. The van der Waals surface area contributed by atoms with Gasteiger partial charge in [-0.25, -0.2) is 0 Å². The Balaban J connectivity index is 2.03. The molecule has 1 saturated carbocycles. The van der Waals surface area contributed by atoms with Gasteiger partial charge in [0.1, 0.15) is 0 Å². The molecule has 0 saturated heterocycles. The number of amides is 1. The molecule has 1 fully saturated rings. The van der Waals surface area contributed by atoms with Crippen molar-refractivity contribution >= 4 is 5.91 Å². The standard InChI is InChI=1S/C12H24N2O2/c1-13-8-2-3-12(16)14-9-10-4-6-11(15)7-5-10/h10-11,13,15H,2-9H2,1H3,(H,14,16). The molecule has 4 nitrogen and oxygen atoms in total. The zero-order valence-electron chi connectivity index (χ0n) is 10.2. The Kier molecular flexibility index (Phi) is 6.42. The van der Waals surface area contributed by atoms with Crippen molar-refractivity contribution in [2.75, 3.05) is 20.1 Å². The maximum Gasteiger partial charge on any atom is 0.220 e. The Morgan fingerprint density at radius 3 is 2.62 bits per heavy atom. The first-order valence-electron chi connectivity index (χ1n) is 6.31. The average Bonchev–Trinajstić information content (AvgIpc) is 2.29. The summed E-state index contributed by atoms with van der Waals surface area (Å²) in [5.41, 5.74) is 0. The van der Waals surface area contributed by atoms with Crippen molar-refractivity contribution in [1.29, 1.82) is 0 Å². The topological polar surface area (TPSA) is 61.4 Å². The predicted octanol–water partition coefficient (Wildman–Crippen LogP) is 0.653. The van der Waals surface area contributed by atoms with Crippen molar-refractivity contribution < 1.29 is 9.90 Å². The highest BCUT2D eigenvalue weighted by molar-refractivity contribution is 5.75. The fraction of sp³-hybridized carbons (Fsp3) is 0.917. The molecule has 1 aliphatic rings. The number of carbonyl (C=O) groups excluding carboxylic acids is 1. The van der Waals surface area contributed by atoms with E-state index < -0.39 is 0 Å². The first kappa shape index (κ1) is 13.5. The Labute approximate surface area is 97.8 Å². The van der Waals surface area contributed by atoms with Gasteiger partial charge in [0.15, 0.2) is 0 Å². The maximum absolute atomic E-state index is 11.4. The summed E-state index contributed by atoms with van der Waals surface area (Å²) in [6, 6.07) is 0. The normalized spacial score (nSPS) is 25.4. The first-order valence-corrected chi connectivity index (χ1v) is 6.31. The number of hydrogen-bond acceptors (Lipinski definition) is 3. The van der Waals surface area contributed by atoms with Gasteiger partial charge in [-0.05, 0) is 51.6 Å². The summed E-state index contributed by atoms with van der Waals surface area (Å²) in [6.07, 6.45) is 5.25. The summed E-state index contributed by atoms with van der Waals surface area (Å²) in [7, 11) is 1.89. The van der Waals surface area contributed by atoms with Crippen LogP contribution in [0.2, 0.25) is 0 Å². The Hall–Kier alpha value is -0.610. The molecule has 0 heterocycles. The second-order valence-electron chi connectivity index (χ2n) is 4.69. The van der Waals surface area contributed by atoms with Crippen molar-refractivity contribution in [2.45, 2.75) is 44.6 Å². The molecule has 1 amide bonds. The van der Waals surface area contributed by atoms with Crippen molar-refractivity contribution in [3.05, 3.63) is 0 Å². The lowest BCUT2D eigenvalue weighted by Crippen LogP contribution is -2.32. The molecule has 94 valence electrons. The quantitative estimate of drug-likeness (QED) is 0.585. The molecule has 4 heteroatoms. The number of carbonyl (C=O) groups is 1. The lowest BCUT2D eigenvalue weighted by Gasteiger charge is -2.25. The lowest BCUT2D eigenvalue weighted by atomic mass is 9.87. The van der Waals surface area contributed by atoms with Gasteiger partial charge in [0, 0.05) is 13.0 Å². The minimum absolute atomic E-state index is 0.109. The molecule has 0 unspecified atom stereocenters. The molecule has 0 radical (unpaired) electrons. The van der Waals surface area contributed by atoms with Gasteiger partial charge in [-0.2, -0.15) is 0 Å². The van der Waals surface area contributed by atoms with Crippen LogP contribution in [0.3, 0.4) is 0 Å². The zero-order valence-corrected chi connectivity index (χ0v) is 10.2. The second-order valence-corrected chi connectivity index (χ2v) is 4.69. The molecule has 0 bridgehead atoms. The third-order valence-electron chi connectivity index (χ3n) is 3.23. The summed E-state index contributed by atoms with van der Waals surface area (Å²) in [4.78, 5) is 11.4. The number of aliphatic hydroxyl groups excluding tert-OH is 1. The van der Waals surface area contributed by atoms with Crippen molar-refractivity contribution in [2.24, 2.45) is 5.92 Å². The number of hydrogen-bond donors (Lipinski definition) is 3. The van der Waals surface area contributed by atoms with Crippen LogP contribution >= 0.6 is 0 Å². The molecule has 0 aromatic heterocycles. The van der Waals surface area contributed by atoms with E-state index in [1.54, 1.807) is 0 Å². The van der Waals surface area contributed by atoms with Crippen LogP contribution in [-0.2, 0) is 4.79 Å². The van der Waals surface area contributed by atoms with E-state index in [2.05, 4.69) is 10.6 Å². The van der Waals surface area contributed by atoms with Crippen LogP contribution in [0.25, 0.3) is 0 Å². The van der Waals surface area contributed by atoms with Gasteiger partial charge < -0.3 is 15.7 Å². The molecular weight excluding hydrogens is 204 g/mol. The molecule has 0 spiro atoms. The van der Waals surface area contributed by atoms with Crippen molar-refractivity contribution in [3.63, 3.8) is 0 Å². The molecule has 1 aliphatic carbocycles. The molecule has 16 heavy (non-hydrogen) atoms. The van der Waals surface area contributed by atoms with Gasteiger partial charge in [-0.3, -0.25) is 4.79 Å². The van der Waals surface area contributed by atoms with Gasteiger partial charge in [-0.1, -0.05) is 0 Å². The number of nitrogens with one attached hydrogen (secondary N) is 2. The van der Waals surface area contributed by atoms with E-state index in [0.29, 0.717) is 12.3 Å². The molecule has 0 aromatic carbocycles. The van der Waals surface area contributed by atoms with E-state index in [4.69, 9.17) is 0 Å². The Morgan fingerprint density at radius 2 is 2.00 bits per heavy atom. The van der Waals surface area contributed by atoms with Crippen LogP contribution in [0.1, 0.15) is 38.5 Å². The van der Waals surface area contributed by atoms with Gasteiger partial charge in [-0.15, -0.1) is 0 Å². The highest BCUT2D eigenvalue weighted by Gasteiger charge is 2.19.